The highest BCUT2D eigenvalue weighted by Crippen LogP contribution is 2.32. The van der Waals surface area contributed by atoms with Crippen LogP contribution < -0.4 is 4.72 Å². The molecule has 0 radical (unpaired) electrons. The van der Waals surface area contributed by atoms with Crippen LogP contribution in [0.25, 0.3) is 0 Å². The number of benzene rings is 2. The average Bonchev–Trinajstić information content (AvgIpc) is 3.01. The number of nitrogens with one attached hydrogen (secondary N) is 1. The van der Waals surface area contributed by atoms with E-state index in [1.807, 2.05) is 13.0 Å². The third kappa shape index (κ3) is 3.24. The minimum Gasteiger partial charge on any atom is -0.279 e. The molecule has 1 aliphatic heterocycles. The van der Waals surface area contributed by atoms with Crippen molar-refractivity contribution in [1.29, 1.82) is 0 Å². The maximum Gasteiger partial charge on any atom is 0.261 e. The van der Waals surface area contributed by atoms with Gasteiger partial charge in [0.15, 0.2) is 0 Å². The van der Waals surface area contributed by atoms with Crippen LogP contribution in [-0.2, 0) is 10.0 Å². The lowest BCUT2D eigenvalue weighted by atomic mass is 10.1. The zero-order valence-electron chi connectivity index (χ0n) is 12.0. The fraction of sp³-hybridized carbons (Fsp3) is 0.143. The van der Waals surface area contributed by atoms with E-state index in [2.05, 4.69) is 25.4 Å². The highest BCUT2D eigenvalue weighted by atomic mass is 32.2. The Labute approximate surface area is 132 Å². The molecule has 0 aromatic heterocycles. The lowest BCUT2D eigenvalue weighted by Gasteiger charge is -2.14. The van der Waals surface area contributed by atoms with Gasteiger partial charge in [-0.05, 0) is 53.3 Å². The number of sulfonamides is 1. The number of halogens is 1. The summed E-state index contributed by atoms with van der Waals surface area (Å²) in [5.74, 6) is -0.507. The molecule has 2 aromatic carbocycles. The van der Waals surface area contributed by atoms with Gasteiger partial charge in [-0.1, -0.05) is 12.1 Å². The molecule has 3 rings (SSSR count). The molecule has 0 fully saturated rings. The minimum atomic E-state index is -3.86. The van der Waals surface area contributed by atoms with E-state index in [0.717, 1.165) is 17.7 Å². The average molecular weight is 333 g/mol. The van der Waals surface area contributed by atoms with Crippen molar-refractivity contribution in [2.75, 3.05) is 4.72 Å². The monoisotopic (exact) mass is 333 g/mol. The number of hydrogen-bond acceptors (Lipinski definition) is 6. The molecule has 0 amide bonds. The second-order valence-corrected chi connectivity index (χ2v) is 6.62. The Morgan fingerprint density at radius 1 is 1.04 bits per heavy atom. The van der Waals surface area contributed by atoms with Crippen LogP contribution in [0.5, 0.6) is 0 Å². The molecular formula is C14H12FN5O2S. The summed E-state index contributed by atoms with van der Waals surface area (Å²) >= 11 is 0. The Morgan fingerprint density at radius 2 is 1.70 bits per heavy atom. The van der Waals surface area contributed by atoms with Crippen molar-refractivity contribution in [3.8, 4) is 0 Å². The predicted octanol–water partition coefficient (Wildman–Crippen LogP) is 3.77. The van der Waals surface area contributed by atoms with E-state index in [1.165, 1.54) is 12.1 Å². The van der Waals surface area contributed by atoms with Crippen LogP contribution in [0.1, 0.15) is 17.3 Å². The van der Waals surface area contributed by atoms with Gasteiger partial charge in [-0.2, -0.15) is 0 Å². The number of anilines is 1. The summed E-state index contributed by atoms with van der Waals surface area (Å²) in [6, 6.07) is 9.76. The molecule has 0 aliphatic carbocycles. The summed E-state index contributed by atoms with van der Waals surface area (Å²) in [7, 11) is -3.86. The lowest BCUT2D eigenvalue weighted by molar-refractivity contribution is 0.599. The second kappa shape index (κ2) is 5.84. The summed E-state index contributed by atoms with van der Waals surface area (Å²) < 4.78 is 40.3. The molecule has 2 aromatic rings. The van der Waals surface area contributed by atoms with Gasteiger partial charge < -0.3 is 0 Å². The van der Waals surface area contributed by atoms with Gasteiger partial charge in [0.05, 0.1) is 10.6 Å². The van der Waals surface area contributed by atoms with Crippen molar-refractivity contribution >= 4 is 15.7 Å². The Balaban J connectivity index is 1.98. The fourth-order valence-electron chi connectivity index (χ4n) is 2.09. The SMILES string of the molecule is Cc1ccc(C2N=NN=N2)c(NS(=O)(=O)c2ccc(F)cc2)c1. The smallest absolute Gasteiger partial charge is 0.261 e. The highest BCUT2D eigenvalue weighted by molar-refractivity contribution is 7.92. The molecule has 9 heteroatoms. The molecule has 0 spiro atoms. The van der Waals surface area contributed by atoms with E-state index in [4.69, 9.17) is 0 Å². The van der Waals surface area contributed by atoms with Gasteiger partial charge in [0.2, 0.25) is 6.17 Å². The molecule has 1 aliphatic rings. The molecule has 0 bridgehead atoms. The largest absolute Gasteiger partial charge is 0.279 e. The molecule has 0 unspecified atom stereocenters. The van der Waals surface area contributed by atoms with Crippen molar-refractivity contribution in [2.24, 2.45) is 20.7 Å². The molecule has 1 heterocycles. The van der Waals surface area contributed by atoms with Crippen molar-refractivity contribution in [1.82, 2.24) is 0 Å². The maximum atomic E-state index is 13.0. The normalized spacial score (nSPS) is 14.3. The van der Waals surface area contributed by atoms with Crippen LogP contribution in [0, 0.1) is 12.7 Å². The van der Waals surface area contributed by atoms with E-state index in [1.54, 1.807) is 12.1 Å². The Morgan fingerprint density at radius 3 is 2.35 bits per heavy atom. The summed E-state index contributed by atoms with van der Waals surface area (Å²) in [5, 5.41) is 14.5. The molecule has 7 nitrogen and oxygen atoms in total. The van der Waals surface area contributed by atoms with Crippen LogP contribution in [0.2, 0.25) is 0 Å². The number of hydrogen-bond donors (Lipinski definition) is 1. The highest BCUT2D eigenvalue weighted by Gasteiger charge is 2.21. The molecule has 23 heavy (non-hydrogen) atoms. The molecule has 0 atom stereocenters. The first kappa shape index (κ1) is 15.2. The summed E-state index contributed by atoms with van der Waals surface area (Å²) in [6.45, 7) is 1.83. The first-order valence-corrected chi connectivity index (χ1v) is 8.13. The van der Waals surface area contributed by atoms with Crippen LogP contribution >= 0.6 is 0 Å². The summed E-state index contributed by atoms with van der Waals surface area (Å²) in [5.41, 5.74) is 1.72. The fourth-order valence-corrected chi connectivity index (χ4v) is 3.17. The van der Waals surface area contributed by atoms with Gasteiger partial charge in [-0.25, -0.2) is 12.8 Å². The van der Waals surface area contributed by atoms with Gasteiger partial charge in [0, 0.05) is 5.56 Å². The third-order valence-corrected chi connectivity index (χ3v) is 4.60. The topological polar surface area (TPSA) is 95.6 Å². The number of nitrogens with zero attached hydrogens (tertiary/aromatic N) is 4. The van der Waals surface area contributed by atoms with Crippen molar-refractivity contribution < 1.29 is 12.8 Å². The quantitative estimate of drug-likeness (QED) is 0.922. The van der Waals surface area contributed by atoms with Crippen LogP contribution in [0.4, 0.5) is 10.1 Å². The molecule has 0 saturated heterocycles. The Hall–Kier alpha value is -2.68. The molecule has 118 valence electrons. The zero-order valence-corrected chi connectivity index (χ0v) is 12.8. The van der Waals surface area contributed by atoms with Crippen molar-refractivity contribution in [3.63, 3.8) is 0 Å². The van der Waals surface area contributed by atoms with E-state index < -0.39 is 22.0 Å². The standard InChI is InChI=1S/C14H12FN5O2S/c1-9-2-7-12(14-16-19-20-17-14)13(8-9)18-23(21,22)11-5-3-10(15)4-6-11/h2-8,14,18H,1H3. The van der Waals surface area contributed by atoms with Gasteiger partial charge in [-0.15, -0.1) is 10.2 Å². The van der Waals surface area contributed by atoms with Gasteiger partial charge in [-0.3, -0.25) is 4.72 Å². The summed E-state index contributed by atoms with van der Waals surface area (Å²) in [6.07, 6.45) is -0.679. The van der Waals surface area contributed by atoms with E-state index >= 15 is 0 Å². The van der Waals surface area contributed by atoms with Crippen molar-refractivity contribution in [2.45, 2.75) is 18.0 Å². The number of rotatable bonds is 4. The summed E-state index contributed by atoms with van der Waals surface area (Å²) in [4.78, 5) is -0.0407. The minimum absolute atomic E-state index is 0.0407. The third-order valence-electron chi connectivity index (χ3n) is 3.22. The Bertz CT molecular complexity index is 882. The van der Waals surface area contributed by atoms with E-state index in [-0.39, 0.29) is 4.90 Å². The van der Waals surface area contributed by atoms with Gasteiger partial charge in [0.25, 0.3) is 10.0 Å². The molecule has 0 saturated carbocycles. The predicted molar refractivity (Wildman–Crippen MR) is 80.8 cm³/mol. The van der Waals surface area contributed by atoms with Crippen LogP contribution in [0.15, 0.2) is 68.0 Å². The van der Waals surface area contributed by atoms with Gasteiger partial charge in [0.1, 0.15) is 5.82 Å². The first-order chi connectivity index (χ1) is 11.0. The molecular weight excluding hydrogens is 321 g/mol. The van der Waals surface area contributed by atoms with Gasteiger partial charge >= 0.3 is 0 Å². The zero-order chi connectivity index (χ0) is 16.4. The van der Waals surface area contributed by atoms with E-state index in [9.17, 15) is 12.8 Å². The maximum absolute atomic E-state index is 13.0. The van der Waals surface area contributed by atoms with Crippen LogP contribution in [0.3, 0.4) is 0 Å². The number of aryl methyl sites for hydroxylation is 1. The van der Waals surface area contributed by atoms with E-state index in [0.29, 0.717) is 11.3 Å². The Kier molecular flexibility index (Phi) is 3.87. The van der Waals surface area contributed by atoms with Crippen molar-refractivity contribution in [3.05, 3.63) is 59.4 Å². The second-order valence-electron chi connectivity index (χ2n) is 4.93. The van der Waals surface area contributed by atoms with Crippen LogP contribution in [-0.4, -0.2) is 8.42 Å². The molecule has 1 N–H and O–H groups in total. The first-order valence-electron chi connectivity index (χ1n) is 6.65. The lowest BCUT2D eigenvalue weighted by Crippen LogP contribution is -2.15.